The Morgan fingerprint density at radius 3 is 2.42 bits per heavy atom. The molecule has 0 spiro atoms. The first kappa shape index (κ1) is 19.2. The third-order valence-corrected chi connectivity index (χ3v) is 6.07. The molecule has 0 N–H and O–H groups in total. The van der Waals surface area contributed by atoms with E-state index < -0.39 is 0 Å². The summed E-state index contributed by atoms with van der Waals surface area (Å²) < 4.78 is 6.08. The first-order valence-corrected chi connectivity index (χ1v) is 10.3. The van der Waals surface area contributed by atoms with E-state index in [1.165, 1.54) is 18.4 Å². The predicted octanol–water partition coefficient (Wildman–Crippen LogP) is 3.60. The van der Waals surface area contributed by atoms with Crippen molar-refractivity contribution in [1.82, 2.24) is 9.80 Å². The molecule has 0 unspecified atom stereocenters. The van der Waals surface area contributed by atoms with Gasteiger partial charge < -0.3 is 9.64 Å². The van der Waals surface area contributed by atoms with Crippen LogP contribution >= 0.6 is 0 Å². The van der Waals surface area contributed by atoms with Gasteiger partial charge in [-0.15, -0.1) is 0 Å². The molecule has 26 heavy (non-hydrogen) atoms. The zero-order valence-electron chi connectivity index (χ0n) is 16.6. The second-order valence-corrected chi connectivity index (χ2v) is 8.22. The molecule has 2 heterocycles. The summed E-state index contributed by atoms with van der Waals surface area (Å²) in [5.74, 6) is 2.76. The van der Waals surface area contributed by atoms with Crippen LogP contribution in [-0.2, 0) is 11.2 Å². The molecule has 3 rings (SSSR count). The third kappa shape index (κ3) is 5.00. The lowest BCUT2D eigenvalue weighted by atomic mass is 9.87. The monoisotopic (exact) mass is 358 g/mol. The minimum Gasteiger partial charge on any atom is -0.489 e. The third-order valence-electron chi connectivity index (χ3n) is 6.07. The Balaban J connectivity index is 1.42. The number of hydrogen-bond donors (Lipinski definition) is 0. The van der Waals surface area contributed by atoms with Crippen LogP contribution in [0.1, 0.15) is 45.6 Å². The lowest BCUT2D eigenvalue weighted by Crippen LogP contribution is -2.43. The minimum atomic E-state index is 0.123. The summed E-state index contributed by atoms with van der Waals surface area (Å²) in [6, 6.07) is 8.33. The normalized spacial score (nSPS) is 22.2. The standard InChI is InChI=1S/C22H34N2O2/c1-4-18-5-7-20(8-6-18)26-21-11-14-24(15-21)22(25)16-23-12-9-19(10-13-23)17(2)3/h5-8,17,19,21H,4,9-16H2,1-3H3/t21-/m1/s1. The number of benzene rings is 1. The Kier molecular flexibility index (Phi) is 6.58. The average molecular weight is 359 g/mol. The van der Waals surface area contributed by atoms with E-state index in [4.69, 9.17) is 4.74 Å². The van der Waals surface area contributed by atoms with Crippen molar-refractivity contribution >= 4 is 5.91 Å². The number of likely N-dealkylation sites (tertiary alicyclic amines) is 2. The molecule has 1 atom stereocenters. The van der Waals surface area contributed by atoms with Gasteiger partial charge in [0.2, 0.25) is 5.91 Å². The van der Waals surface area contributed by atoms with Gasteiger partial charge in [0.1, 0.15) is 11.9 Å². The zero-order chi connectivity index (χ0) is 18.5. The molecule has 4 heteroatoms. The predicted molar refractivity (Wildman–Crippen MR) is 105 cm³/mol. The van der Waals surface area contributed by atoms with Gasteiger partial charge in [-0.3, -0.25) is 9.69 Å². The Hall–Kier alpha value is -1.55. The summed E-state index contributed by atoms with van der Waals surface area (Å²) in [5, 5.41) is 0. The first-order valence-electron chi connectivity index (χ1n) is 10.3. The van der Waals surface area contributed by atoms with Crippen LogP contribution in [-0.4, -0.2) is 54.5 Å². The van der Waals surface area contributed by atoms with Gasteiger partial charge in [0.15, 0.2) is 0 Å². The van der Waals surface area contributed by atoms with Gasteiger partial charge >= 0.3 is 0 Å². The molecular formula is C22H34N2O2. The van der Waals surface area contributed by atoms with Crippen molar-refractivity contribution in [2.45, 2.75) is 52.6 Å². The second-order valence-electron chi connectivity index (χ2n) is 8.22. The fourth-order valence-corrected chi connectivity index (χ4v) is 4.12. The lowest BCUT2D eigenvalue weighted by molar-refractivity contribution is -0.132. The van der Waals surface area contributed by atoms with E-state index in [2.05, 4.69) is 37.8 Å². The Morgan fingerprint density at radius 2 is 1.81 bits per heavy atom. The Morgan fingerprint density at radius 1 is 1.12 bits per heavy atom. The zero-order valence-corrected chi connectivity index (χ0v) is 16.6. The molecule has 1 aromatic carbocycles. The molecule has 0 bridgehead atoms. The van der Waals surface area contributed by atoms with Crippen LogP contribution in [0.4, 0.5) is 0 Å². The number of amides is 1. The molecule has 2 aliphatic heterocycles. The van der Waals surface area contributed by atoms with Crippen molar-refractivity contribution < 1.29 is 9.53 Å². The average Bonchev–Trinajstić information content (AvgIpc) is 3.11. The Bertz CT molecular complexity index is 576. The highest BCUT2D eigenvalue weighted by molar-refractivity contribution is 5.78. The van der Waals surface area contributed by atoms with Gasteiger partial charge in [-0.05, 0) is 61.9 Å². The van der Waals surface area contributed by atoms with E-state index in [1.54, 1.807) is 0 Å². The van der Waals surface area contributed by atoms with Gasteiger partial charge in [-0.2, -0.15) is 0 Å². The van der Waals surface area contributed by atoms with E-state index in [0.717, 1.165) is 56.6 Å². The summed E-state index contributed by atoms with van der Waals surface area (Å²) in [6.45, 7) is 11.0. The number of nitrogens with zero attached hydrogens (tertiary/aromatic N) is 2. The molecule has 1 aromatic rings. The smallest absolute Gasteiger partial charge is 0.236 e. The molecule has 2 aliphatic rings. The fourth-order valence-electron chi connectivity index (χ4n) is 4.12. The van der Waals surface area contributed by atoms with Crippen LogP contribution in [0.25, 0.3) is 0 Å². The maximum atomic E-state index is 12.6. The topological polar surface area (TPSA) is 32.8 Å². The molecule has 0 radical (unpaired) electrons. The first-order chi connectivity index (χ1) is 12.5. The van der Waals surface area contributed by atoms with Crippen molar-refractivity contribution in [2.75, 3.05) is 32.7 Å². The van der Waals surface area contributed by atoms with Crippen LogP contribution in [0.2, 0.25) is 0 Å². The molecule has 0 saturated carbocycles. The quantitative estimate of drug-likeness (QED) is 0.779. The van der Waals surface area contributed by atoms with E-state index in [1.807, 2.05) is 17.0 Å². The maximum Gasteiger partial charge on any atom is 0.236 e. The highest BCUT2D eigenvalue weighted by atomic mass is 16.5. The van der Waals surface area contributed by atoms with Crippen molar-refractivity contribution in [2.24, 2.45) is 11.8 Å². The van der Waals surface area contributed by atoms with Gasteiger partial charge in [-0.1, -0.05) is 32.9 Å². The minimum absolute atomic E-state index is 0.123. The van der Waals surface area contributed by atoms with Crippen LogP contribution in [0.3, 0.4) is 0 Å². The van der Waals surface area contributed by atoms with Crippen molar-refractivity contribution in [1.29, 1.82) is 0 Å². The molecular weight excluding hydrogens is 324 g/mol. The maximum absolute atomic E-state index is 12.6. The van der Waals surface area contributed by atoms with E-state index in [9.17, 15) is 4.79 Å². The van der Waals surface area contributed by atoms with Crippen molar-refractivity contribution in [3.63, 3.8) is 0 Å². The van der Waals surface area contributed by atoms with Crippen molar-refractivity contribution in [3.8, 4) is 5.75 Å². The summed E-state index contributed by atoms with van der Waals surface area (Å²) >= 11 is 0. The van der Waals surface area contributed by atoms with Crippen LogP contribution in [0, 0.1) is 11.8 Å². The molecule has 0 aliphatic carbocycles. The van der Waals surface area contributed by atoms with Gasteiger partial charge in [0, 0.05) is 13.0 Å². The second kappa shape index (κ2) is 8.90. The highest BCUT2D eigenvalue weighted by Gasteiger charge is 2.29. The number of carbonyl (C=O) groups excluding carboxylic acids is 1. The number of hydrogen-bond acceptors (Lipinski definition) is 3. The Labute approximate surface area is 158 Å². The molecule has 0 aromatic heterocycles. The molecule has 1 amide bonds. The van der Waals surface area contributed by atoms with Gasteiger partial charge in [-0.25, -0.2) is 0 Å². The van der Waals surface area contributed by atoms with Crippen LogP contribution in [0.5, 0.6) is 5.75 Å². The highest BCUT2D eigenvalue weighted by Crippen LogP contribution is 2.25. The summed E-state index contributed by atoms with van der Waals surface area (Å²) in [5.41, 5.74) is 1.32. The van der Waals surface area contributed by atoms with Crippen LogP contribution in [0.15, 0.2) is 24.3 Å². The number of rotatable bonds is 6. The largest absolute Gasteiger partial charge is 0.489 e. The number of carbonyl (C=O) groups is 1. The summed E-state index contributed by atoms with van der Waals surface area (Å²) in [7, 11) is 0. The SMILES string of the molecule is CCc1ccc(O[C@@H]2CCN(C(=O)CN3CCC(C(C)C)CC3)C2)cc1. The lowest BCUT2D eigenvalue weighted by Gasteiger charge is -2.34. The van der Waals surface area contributed by atoms with Gasteiger partial charge in [0.05, 0.1) is 13.1 Å². The fraction of sp³-hybridized carbons (Fsp3) is 0.682. The van der Waals surface area contributed by atoms with Crippen LogP contribution < -0.4 is 4.74 Å². The summed E-state index contributed by atoms with van der Waals surface area (Å²) in [4.78, 5) is 17.0. The number of piperidine rings is 1. The van der Waals surface area contributed by atoms with Crippen molar-refractivity contribution in [3.05, 3.63) is 29.8 Å². The van der Waals surface area contributed by atoms with E-state index >= 15 is 0 Å². The van der Waals surface area contributed by atoms with E-state index in [-0.39, 0.29) is 12.0 Å². The summed E-state index contributed by atoms with van der Waals surface area (Å²) in [6.07, 6.45) is 4.55. The molecule has 4 nitrogen and oxygen atoms in total. The number of ether oxygens (including phenoxy) is 1. The van der Waals surface area contributed by atoms with Gasteiger partial charge in [0.25, 0.3) is 0 Å². The molecule has 2 saturated heterocycles. The number of aryl methyl sites for hydroxylation is 1. The molecule has 2 fully saturated rings. The molecule has 144 valence electrons. The van der Waals surface area contributed by atoms with E-state index in [0.29, 0.717) is 6.54 Å².